The predicted molar refractivity (Wildman–Crippen MR) is 131 cm³/mol. The molecule has 0 aliphatic carbocycles. The van der Waals surface area contributed by atoms with Crippen LogP contribution in [0.1, 0.15) is 25.0 Å². The van der Waals surface area contributed by atoms with E-state index >= 15 is 0 Å². The van der Waals surface area contributed by atoms with Crippen molar-refractivity contribution in [2.45, 2.75) is 27.3 Å². The number of benzene rings is 3. The van der Waals surface area contributed by atoms with Crippen molar-refractivity contribution in [2.75, 3.05) is 28.6 Å². The smallest absolute Gasteiger partial charge is 0.229 e. The van der Waals surface area contributed by atoms with Crippen molar-refractivity contribution in [3.8, 4) is 0 Å². The topological polar surface area (TPSA) is 53.1 Å². The second-order valence-corrected chi connectivity index (χ2v) is 7.60. The molecule has 5 heteroatoms. The molecule has 0 aliphatic rings. The van der Waals surface area contributed by atoms with Crippen molar-refractivity contribution < 1.29 is 0 Å². The standard InChI is InChI=1S/C26H29N5/c1-4-31(5-2)22-16-14-21(15-17-22)28-26-29-24-9-7-6-8-23(24)25(30-26)27-18-20-12-10-19(3)11-13-20/h6-17H,4-5,18H2,1-3H3,(H2,27,28,29,30). The molecule has 0 unspecified atom stereocenters. The summed E-state index contributed by atoms with van der Waals surface area (Å²) in [6.07, 6.45) is 0. The zero-order chi connectivity index (χ0) is 21.6. The average Bonchev–Trinajstić information content (AvgIpc) is 2.80. The Morgan fingerprint density at radius 3 is 2.23 bits per heavy atom. The van der Waals surface area contributed by atoms with Gasteiger partial charge in [-0.3, -0.25) is 0 Å². The summed E-state index contributed by atoms with van der Waals surface area (Å²) in [6.45, 7) is 9.13. The van der Waals surface area contributed by atoms with Crippen LogP contribution in [-0.2, 0) is 6.54 Å². The summed E-state index contributed by atoms with van der Waals surface area (Å²) >= 11 is 0. The minimum Gasteiger partial charge on any atom is -0.372 e. The fraction of sp³-hybridized carbons (Fsp3) is 0.231. The zero-order valence-electron chi connectivity index (χ0n) is 18.4. The van der Waals surface area contributed by atoms with Crippen molar-refractivity contribution in [3.05, 3.63) is 83.9 Å². The maximum Gasteiger partial charge on any atom is 0.229 e. The van der Waals surface area contributed by atoms with Crippen LogP contribution in [0.25, 0.3) is 10.9 Å². The van der Waals surface area contributed by atoms with Gasteiger partial charge in [-0.05, 0) is 62.7 Å². The summed E-state index contributed by atoms with van der Waals surface area (Å²) in [7, 11) is 0. The van der Waals surface area contributed by atoms with E-state index in [1.807, 2.05) is 18.2 Å². The highest BCUT2D eigenvalue weighted by Crippen LogP contribution is 2.25. The highest BCUT2D eigenvalue weighted by Gasteiger charge is 2.09. The molecule has 0 amide bonds. The van der Waals surface area contributed by atoms with Gasteiger partial charge in [-0.2, -0.15) is 4.98 Å². The molecule has 0 aliphatic heterocycles. The molecule has 4 rings (SSSR count). The molecule has 0 radical (unpaired) electrons. The number of para-hydroxylation sites is 1. The van der Waals surface area contributed by atoms with E-state index in [4.69, 9.17) is 9.97 Å². The number of aryl methyl sites for hydroxylation is 1. The number of hydrogen-bond acceptors (Lipinski definition) is 5. The zero-order valence-corrected chi connectivity index (χ0v) is 18.4. The summed E-state index contributed by atoms with van der Waals surface area (Å²) in [5, 5.41) is 7.87. The molecule has 0 saturated carbocycles. The van der Waals surface area contributed by atoms with Crippen molar-refractivity contribution in [1.29, 1.82) is 0 Å². The number of rotatable bonds is 8. The summed E-state index contributed by atoms with van der Waals surface area (Å²) < 4.78 is 0. The van der Waals surface area contributed by atoms with Crippen LogP contribution in [0.3, 0.4) is 0 Å². The molecule has 4 aromatic rings. The van der Waals surface area contributed by atoms with Gasteiger partial charge in [-0.1, -0.05) is 42.0 Å². The van der Waals surface area contributed by atoms with E-state index in [1.165, 1.54) is 16.8 Å². The van der Waals surface area contributed by atoms with Gasteiger partial charge in [-0.25, -0.2) is 4.98 Å². The lowest BCUT2D eigenvalue weighted by Crippen LogP contribution is -2.21. The van der Waals surface area contributed by atoms with Crippen LogP contribution < -0.4 is 15.5 Å². The number of nitrogens with zero attached hydrogens (tertiary/aromatic N) is 3. The number of anilines is 4. The van der Waals surface area contributed by atoms with E-state index in [-0.39, 0.29) is 0 Å². The number of nitrogens with one attached hydrogen (secondary N) is 2. The summed E-state index contributed by atoms with van der Waals surface area (Å²) in [5.41, 5.74) is 5.57. The van der Waals surface area contributed by atoms with Gasteiger partial charge < -0.3 is 15.5 Å². The lowest BCUT2D eigenvalue weighted by molar-refractivity contribution is 0.866. The first-order valence-electron chi connectivity index (χ1n) is 10.8. The quantitative estimate of drug-likeness (QED) is 0.365. The van der Waals surface area contributed by atoms with Crippen molar-refractivity contribution >= 4 is 34.0 Å². The molecule has 2 N–H and O–H groups in total. The first-order chi connectivity index (χ1) is 15.2. The number of fused-ring (bicyclic) bond motifs is 1. The second-order valence-electron chi connectivity index (χ2n) is 7.60. The largest absolute Gasteiger partial charge is 0.372 e. The average molecular weight is 412 g/mol. The lowest BCUT2D eigenvalue weighted by atomic mass is 10.1. The highest BCUT2D eigenvalue weighted by atomic mass is 15.1. The monoisotopic (exact) mass is 411 g/mol. The lowest BCUT2D eigenvalue weighted by Gasteiger charge is -2.21. The Bertz CT molecular complexity index is 1130. The number of hydrogen-bond donors (Lipinski definition) is 2. The molecule has 158 valence electrons. The molecule has 5 nitrogen and oxygen atoms in total. The van der Waals surface area contributed by atoms with E-state index in [9.17, 15) is 0 Å². The van der Waals surface area contributed by atoms with Gasteiger partial charge in [0.1, 0.15) is 5.82 Å². The molecule has 0 saturated heterocycles. The summed E-state index contributed by atoms with van der Waals surface area (Å²) in [6, 6.07) is 25.0. The SMILES string of the molecule is CCN(CC)c1ccc(Nc2nc(NCc3ccc(C)cc3)c3ccccc3n2)cc1. The van der Waals surface area contributed by atoms with Gasteiger partial charge in [0.25, 0.3) is 0 Å². The van der Waals surface area contributed by atoms with Crippen LogP contribution in [0.15, 0.2) is 72.8 Å². The van der Waals surface area contributed by atoms with Crippen LogP contribution in [-0.4, -0.2) is 23.1 Å². The first-order valence-corrected chi connectivity index (χ1v) is 10.8. The predicted octanol–water partition coefficient (Wildman–Crippen LogP) is 6.14. The first kappa shape index (κ1) is 20.7. The molecular formula is C26H29N5. The molecule has 1 aromatic heterocycles. The fourth-order valence-electron chi connectivity index (χ4n) is 3.63. The van der Waals surface area contributed by atoms with E-state index in [0.717, 1.165) is 35.5 Å². The molecular weight excluding hydrogens is 382 g/mol. The third-order valence-corrected chi connectivity index (χ3v) is 5.44. The van der Waals surface area contributed by atoms with Gasteiger partial charge in [0.15, 0.2) is 0 Å². The Balaban J connectivity index is 1.57. The van der Waals surface area contributed by atoms with Crippen LogP contribution in [0, 0.1) is 6.92 Å². The van der Waals surface area contributed by atoms with Crippen LogP contribution in [0.4, 0.5) is 23.1 Å². The van der Waals surface area contributed by atoms with E-state index in [2.05, 4.69) is 90.9 Å². The second kappa shape index (κ2) is 9.47. The Morgan fingerprint density at radius 1 is 0.806 bits per heavy atom. The Kier molecular flexibility index (Phi) is 6.32. The van der Waals surface area contributed by atoms with Crippen molar-refractivity contribution in [3.63, 3.8) is 0 Å². The van der Waals surface area contributed by atoms with Gasteiger partial charge in [-0.15, -0.1) is 0 Å². The van der Waals surface area contributed by atoms with E-state index in [1.54, 1.807) is 0 Å². The van der Waals surface area contributed by atoms with Gasteiger partial charge >= 0.3 is 0 Å². The molecule has 0 fully saturated rings. The maximum atomic E-state index is 4.77. The maximum absolute atomic E-state index is 4.77. The van der Waals surface area contributed by atoms with Crippen LogP contribution in [0.2, 0.25) is 0 Å². The normalized spacial score (nSPS) is 10.8. The molecule has 0 spiro atoms. The fourth-order valence-corrected chi connectivity index (χ4v) is 3.63. The Morgan fingerprint density at radius 2 is 1.52 bits per heavy atom. The minimum atomic E-state index is 0.584. The van der Waals surface area contributed by atoms with Gasteiger partial charge in [0, 0.05) is 36.4 Å². The van der Waals surface area contributed by atoms with E-state index in [0.29, 0.717) is 12.5 Å². The third-order valence-electron chi connectivity index (χ3n) is 5.44. The van der Waals surface area contributed by atoms with Crippen molar-refractivity contribution in [1.82, 2.24) is 9.97 Å². The van der Waals surface area contributed by atoms with Gasteiger partial charge in [0.05, 0.1) is 5.52 Å². The summed E-state index contributed by atoms with van der Waals surface area (Å²) in [5.74, 6) is 1.41. The van der Waals surface area contributed by atoms with Gasteiger partial charge in [0.2, 0.25) is 5.95 Å². The van der Waals surface area contributed by atoms with Crippen LogP contribution in [0.5, 0.6) is 0 Å². The molecule has 0 atom stereocenters. The van der Waals surface area contributed by atoms with Crippen LogP contribution >= 0.6 is 0 Å². The summed E-state index contributed by atoms with van der Waals surface area (Å²) in [4.78, 5) is 11.8. The molecule has 31 heavy (non-hydrogen) atoms. The third kappa shape index (κ3) is 4.94. The Labute approximate surface area is 184 Å². The Hall–Kier alpha value is -3.60. The van der Waals surface area contributed by atoms with Crippen molar-refractivity contribution in [2.24, 2.45) is 0 Å². The van der Waals surface area contributed by atoms with E-state index < -0.39 is 0 Å². The molecule has 1 heterocycles. The highest BCUT2D eigenvalue weighted by molar-refractivity contribution is 5.90. The molecule has 0 bridgehead atoms. The molecule has 3 aromatic carbocycles. The minimum absolute atomic E-state index is 0.584. The number of aromatic nitrogens is 2.